The monoisotopic (exact) mass is 354 g/mol. The molecule has 0 bridgehead atoms. The zero-order chi connectivity index (χ0) is 18.7. The summed E-state index contributed by atoms with van der Waals surface area (Å²) in [6, 6.07) is 9.59. The fourth-order valence-corrected chi connectivity index (χ4v) is 2.81. The summed E-state index contributed by atoms with van der Waals surface area (Å²) < 4.78 is 20.0. The highest BCUT2D eigenvalue weighted by Crippen LogP contribution is 2.19. The Bertz CT molecular complexity index is 935. The summed E-state index contributed by atoms with van der Waals surface area (Å²) in [6.45, 7) is 3.87. The molecular weight excluding hydrogens is 335 g/mol. The molecule has 3 rings (SSSR count). The van der Waals surface area contributed by atoms with Gasteiger partial charge in [0.05, 0.1) is 29.7 Å². The Labute approximate surface area is 150 Å². The van der Waals surface area contributed by atoms with Crippen LogP contribution in [0.2, 0.25) is 0 Å². The van der Waals surface area contributed by atoms with E-state index in [0.29, 0.717) is 28.5 Å². The Balaban J connectivity index is 1.83. The number of aryl methyl sites for hydroxylation is 1. The molecule has 26 heavy (non-hydrogen) atoms. The van der Waals surface area contributed by atoms with Gasteiger partial charge in [-0.05, 0) is 44.2 Å². The van der Waals surface area contributed by atoms with Gasteiger partial charge in [-0.15, -0.1) is 0 Å². The van der Waals surface area contributed by atoms with Crippen LogP contribution in [0.15, 0.2) is 42.6 Å². The van der Waals surface area contributed by atoms with Gasteiger partial charge in [-0.25, -0.2) is 14.1 Å². The van der Waals surface area contributed by atoms with Crippen LogP contribution in [0.4, 0.5) is 4.39 Å². The van der Waals surface area contributed by atoms with Crippen LogP contribution in [0.1, 0.15) is 27.3 Å². The van der Waals surface area contributed by atoms with Crippen LogP contribution in [-0.4, -0.2) is 27.8 Å². The van der Waals surface area contributed by atoms with Crippen LogP contribution in [0.3, 0.4) is 0 Å². The van der Waals surface area contributed by atoms with E-state index in [-0.39, 0.29) is 18.3 Å². The van der Waals surface area contributed by atoms with Gasteiger partial charge >= 0.3 is 0 Å². The van der Waals surface area contributed by atoms with Gasteiger partial charge in [0.15, 0.2) is 0 Å². The Kier molecular flexibility index (Phi) is 4.97. The van der Waals surface area contributed by atoms with Crippen LogP contribution < -0.4 is 10.1 Å². The van der Waals surface area contributed by atoms with Crippen LogP contribution in [0, 0.1) is 19.7 Å². The Hall–Kier alpha value is -3.22. The fourth-order valence-electron chi connectivity index (χ4n) is 2.81. The third kappa shape index (κ3) is 3.42. The van der Waals surface area contributed by atoms with E-state index >= 15 is 0 Å². The molecule has 6 nitrogen and oxygen atoms in total. The standard InChI is InChI=1S/C19H19FN4O2/c1-12-17(13(2)24(23-12)16-8-6-15(20)7-9-16)18(25)22-11-14-5-4-10-21-19(14)26-3/h4-10H,11H2,1-3H3,(H,22,25). The Morgan fingerprint density at radius 1 is 1.23 bits per heavy atom. The van der Waals surface area contributed by atoms with E-state index in [1.54, 1.807) is 36.0 Å². The lowest BCUT2D eigenvalue weighted by Crippen LogP contribution is -2.24. The molecule has 134 valence electrons. The summed E-state index contributed by atoms with van der Waals surface area (Å²) in [5, 5.41) is 7.29. The zero-order valence-corrected chi connectivity index (χ0v) is 14.8. The zero-order valence-electron chi connectivity index (χ0n) is 14.8. The Morgan fingerprint density at radius 2 is 1.96 bits per heavy atom. The molecule has 0 radical (unpaired) electrons. The molecule has 0 fully saturated rings. The van der Waals surface area contributed by atoms with E-state index in [4.69, 9.17) is 4.74 Å². The molecule has 1 amide bonds. The van der Waals surface area contributed by atoms with Crippen LogP contribution >= 0.6 is 0 Å². The molecule has 0 aliphatic carbocycles. The number of hydrogen-bond acceptors (Lipinski definition) is 4. The SMILES string of the molecule is COc1ncccc1CNC(=O)c1c(C)nn(-c2ccc(F)cc2)c1C. The van der Waals surface area contributed by atoms with Gasteiger partial charge in [-0.1, -0.05) is 6.07 Å². The molecule has 7 heteroatoms. The Morgan fingerprint density at radius 3 is 2.65 bits per heavy atom. The van der Waals surface area contributed by atoms with E-state index in [1.807, 2.05) is 13.0 Å². The number of hydrogen-bond donors (Lipinski definition) is 1. The van der Waals surface area contributed by atoms with Crippen molar-refractivity contribution in [1.82, 2.24) is 20.1 Å². The predicted molar refractivity (Wildman–Crippen MR) is 95.0 cm³/mol. The number of rotatable bonds is 5. The number of nitrogens with one attached hydrogen (secondary N) is 1. The van der Waals surface area contributed by atoms with Gasteiger partial charge in [0, 0.05) is 18.3 Å². The number of methoxy groups -OCH3 is 1. The van der Waals surface area contributed by atoms with Gasteiger partial charge in [0.2, 0.25) is 5.88 Å². The average molecular weight is 354 g/mol. The maximum Gasteiger partial charge on any atom is 0.255 e. The van der Waals surface area contributed by atoms with Crippen molar-refractivity contribution in [1.29, 1.82) is 0 Å². The molecule has 0 aliphatic heterocycles. The maximum atomic E-state index is 13.1. The van der Waals surface area contributed by atoms with Crippen molar-refractivity contribution in [2.24, 2.45) is 0 Å². The molecule has 3 aromatic rings. The van der Waals surface area contributed by atoms with Gasteiger partial charge in [0.1, 0.15) is 5.82 Å². The van der Waals surface area contributed by atoms with Crippen molar-refractivity contribution in [3.05, 3.63) is 70.9 Å². The van der Waals surface area contributed by atoms with E-state index < -0.39 is 0 Å². The van der Waals surface area contributed by atoms with Crippen LogP contribution in [0.25, 0.3) is 5.69 Å². The number of benzene rings is 1. The topological polar surface area (TPSA) is 69.0 Å². The molecule has 2 aromatic heterocycles. The van der Waals surface area contributed by atoms with Crippen molar-refractivity contribution in [2.45, 2.75) is 20.4 Å². The number of carbonyl (C=O) groups excluding carboxylic acids is 1. The lowest BCUT2D eigenvalue weighted by atomic mass is 10.1. The first-order valence-corrected chi connectivity index (χ1v) is 8.09. The summed E-state index contributed by atoms with van der Waals surface area (Å²) in [4.78, 5) is 16.8. The van der Waals surface area contributed by atoms with Gasteiger partial charge in [-0.3, -0.25) is 4.79 Å². The molecule has 0 spiro atoms. The summed E-state index contributed by atoms with van der Waals surface area (Å²) in [6.07, 6.45) is 1.63. The number of halogens is 1. The van der Waals surface area contributed by atoms with E-state index in [2.05, 4.69) is 15.4 Å². The van der Waals surface area contributed by atoms with Crippen LogP contribution in [-0.2, 0) is 6.54 Å². The summed E-state index contributed by atoms with van der Waals surface area (Å²) >= 11 is 0. The number of carbonyl (C=O) groups is 1. The van der Waals surface area contributed by atoms with Gasteiger partial charge < -0.3 is 10.1 Å². The second-order valence-corrected chi connectivity index (χ2v) is 5.79. The number of amides is 1. The molecule has 1 aromatic carbocycles. The first kappa shape index (κ1) is 17.6. The third-order valence-corrected chi connectivity index (χ3v) is 4.07. The minimum absolute atomic E-state index is 0.237. The number of ether oxygens (including phenoxy) is 1. The second kappa shape index (κ2) is 7.35. The molecule has 0 unspecified atom stereocenters. The quantitative estimate of drug-likeness (QED) is 0.765. The molecule has 2 heterocycles. The molecule has 0 saturated carbocycles. The van der Waals surface area contributed by atoms with E-state index in [9.17, 15) is 9.18 Å². The summed E-state index contributed by atoms with van der Waals surface area (Å²) in [7, 11) is 1.54. The van der Waals surface area contributed by atoms with Crippen molar-refractivity contribution >= 4 is 5.91 Å². The molecule has 0 aliphatic rings. The highest BCUT2D eigenvalue weighted by atomic mass is 19.1. The van der Waals surface area contributed by atoms with Gasteiger partial charge in [0.25, 0.3) is 5.91 Å². The first-order valence-electron chi connectivity index (χ1n) is 8.09. The summed E-state index contributed by atoms with van der Waals surface area (Å²) in [5.74, 6) is -0.0822. The lowest BCUT2D eigenvalue weighted by Gasteiger charge is -2.09. The van der Waals surface area contributed by atoms with Crippen molar-refractivity contribution in [3.8, 4) is 11.6 Å². The predicted octanol–water partition coefficient (Wildman–Crippen LogP) is 2.96. The van der Waals surface area contributed by atoms with Crippen molar-refractivity contribution < 1.29 is 13.9 Å². The fraction of sp³-hybridized carbons (Fsp3) is 0.211. The van der Waals surface area contributed by atoms with Crippen LogP contribution in [0.5, 0.6) is 5.88 Å². The minimum atomic E-state index is -0.321. The largest absolute Gasteiger partial charge is 0.481 e. The molecule has 0 atom stereocenters. The number of nitrogens with zero attached hydrogens (tertiary/aromatic N) is 3. The lowest BCUT2D eigenvalue weighted by molar-refractivity contribution is 0.0949. The molecule has 0 saturated heterocycles. The highest BCUT2D eigenvalue weighted by molar-refractivity contribution is 5.96. The minimum Gasteiger partial charge on any atom is -0.481 e. The third-order valence-electron chi connectivity index (χ3n) is 4.07. The van der Waals surface area contributed by atoms with E-state index in [1.165, 1.54) is 19.2 Å². The highest BCUT2D eigenvalue weighted by Gasteiger charge is 2.19. The first-order chi connectivity index (χ1) is 12.5. The maximum absolute atomic E-state index is 13.1. The molecular formula is C19H19FN4O2. The van der Waals surface area contributed by atoms with E-state index in [0.717, 1.165) is 5.56 Å². The molecule has 1 N–H and O–H groups in total. The average Bonchev–Trinajstić information content (AvgIpc) is 2.95. The number of pyridine rings is 1. The van der Waals surface area contributed by atoms with Gasteiger partial charge in [-0.2, -0.15) is 5.10 Å². The number of aromatic nitrogens is 3. The van der Waals surface area contributed by atoms with Crippen molar-refractivity contribution in [3.63, 3.8) is 0 Å². The smallest absolute Gasteiger partial charge is 0.255 e. The second-order valence-electron chi connectivity index (χ2n) is 5.79. The van der Waals surface area contributed by atoms with Crippen molar-refractivity contribution in [2.75, 3.05) is 7.11 Å². The summed E-state index contributed by atoms with van der Waals surface area (Å²) in [5.41, 5.74) is 3.26. The normalized spacial score (nSPS) is 10.6.